The molecule has 2 atom stereocenters. The third kappa shape index (κ3) is 5.22. The van der Waals surface area contributed by atoms with Crippen LogP contribution in [0.25, 0.3) is 0 Å². The summed E-state index contributed by atoms with van der Waals surface area (Å²) in [7, 11) is 0. The van der Waals surface area contributed by atoms with E-state index in [0.717, 1.165) is 19.3 Å². The van der Waals surface area contributed by atoms with E-state index < -0.39 is 6.23 Å². The summed E-state index contributed by atoms with van der Waals surface area (Å²) >= 11 is 0. The molecule has 0 aromatic heterocycles. The maximum absolute atomic E-state index is 9.15. The molecule has 0 aliphatic carbocycles. The van der Waals surface area contributed by atoms with Crippen LogP contribution in [0.1, 0.15) is 46.0 Å². The molecule has 68 valence electrons. The fourth-order valence-electron chi connectivity index (χ4n) is 1.32. The first-order valence-corrected chi connectivity index (χ1v) is 4.66. The fourth-order valence-corrected chi connectivity index (χ4v) is 1.32. The summed E-state index contributed by atoms with van der Waals surface area (Å²) in [5.74, 6) is 0.319. The zero-order valence-electron chi connectivity index (χ0n) is 7.71. The van der Waals surface area contributed by atoms with Crippen LogP contribution < -0.4 is 5.73 Å². The maximum Gasteiger partial charge on any atom is 0.105 e. The Morgan fingerprint density at radius 1 is 1.18 bits per heavy atom. The number of nitrogens with two attached hydrogens (primary N) is 1. The van der Waals surface area contributed by atoms with Crippen molar-refractivity contribution in [2.75, 3.05) is 0 Å². The van der Waals surface area contributed by atoms with Crippen LogP contribution in [0.4, 0.5) is 0 Å². The van der Waals surface area contributed by atoms with E-state index in [0.29, 0.717) is 5.92 Å². The largest absolute Gasteiger partial charge is 0.379 e. The van der Waals surface area contributed by atoms with E-state index in [1.807, 2.05) is 0 Å². The van der Waals surface area contributed by atoms with Crippen molar-refractivity contribution in [1.29, 1.82) is 0 Å². The molecule has 3 N–H and O–H groups in total. The van der Waals surface area contributed by atoms with Gasteiger partial charge in [-0.25, -0.2) is 0 Å². The third-order valence-corrected chi connectivity index (χ3v) is 2.07. The number of rotatable bonds is 6. The van der Waals surface area contributed by atoms with E-state index in [1.54, 1.807) is 0 Å². The third-order valence-electron chi connectivity index (χ3n) is 2.07. The summed E-state index contributed by atoms with van der Waals surface area (Å²) in [6.45, 7) is 4.28. The molecular weight excluding hydrogens is 138 g/mol. The average Bonchev–Trinajstić information content (AvgIpc) is 1.97. The monoisotopic (exact) mass is 159 g/mol. The zero-order chi connectivity index (χ0) is 8.69. The Bertz CT molecular complexity index is 83.6. The highest BCUT2D eigenvalue weighted by Gasteiger charge is 2.12. The van der Waals surface area contributed by atoms with E-state index in [9.17, 15) is 0 Å². The molecule has 2 unspecified atom stereocenters. The summed E-state index contributed by atoms with van der Waals surface area (Å²) in [5.41, 5.74) is 5.42. The van der Waals surface area contributed by atoms with E-state index in [-0.39, 0.29) is 0 Å². The lowest BCUT2D eigenvalue weighted by Gasteiger charge is -2.18. The van der Waals surface area contributed by atoms with Gasteiger partial charge in [0.2, 0.25) is 0 Å². The van der Waals surface area contributed by atoms with Crippen molar-refractivity contribution in [3.8, 4) is 0 Å². The summed E-state index contributed by atoms with van der Waals surface area (Å²) < 4.78 is 0. The van der Waals surface area contributed by atoms with Crippen LogP contribution in [0.3, 0.4) is 0 Å². The zero-order valence-corrected chi connectivity index (χ0v) is 7.71. The molecule has 0 aliphatic heterocycles. The standard InChI is InChI=1S/C9H21NO/c1-3-5-7-8(6-4-2)9(10)11/h8-9,11H,3-7,10H2,1-2H3. The highest BCUT2D eigenvalue weighted by molar-refractivity contribution is 4.62. The van der Waals surface area contributed by atoms with Crippen molar-refractivity contribution < 1.29 is 5.11 Å². The van der Waals surface area contributed by atoms with Crippen LogP contribution >= 0.6 is 0 Å². The molecule has 0 bridgehead atoms. The molecule has 0 amide bonds. The van der Waals surface area contributed by atoms with Crippen molar-refractivity contribution in [1.82, 2.24) is 0 Å². The van der Waals surface area contributed by atoms with Crippen molar-refractivity contribution in [3.63, 3.8) is 0 Å². The molecule has 0 radical (unpaired) electrons. The van der Waals surface area contributed by atoms with E-state index >= 15 is 0 Å². The van der Waals surface area contributed by atoms with E-state index in [2.05, 4.69) is 13.8 Å². The van der Waals surface area contributed by atoms with Gasteiger partial charge in [-0.2, -0.15) is 0 Å². The quantitative estimate of drug-likeness (QED) is 0.581. The van der Waals surface area contributed by atoms with Gasteiger partial charge in [-0.15, -0.1) is 0 Å². The first-order valence-electron chi connectivity index (χ1n) is 4.66. The molecule has 0 heterocycles. The van der Waals surface area contributed by atoms with Crippen molar-refractivity contribution >= 4 is 0 Å². The molecule has 0 fully saturated rings. The van der Waals surface area contributed by atoms with Gasteiger partial charge in [0.05, 0.1) is 0 Å². The Morgan fingerprint density at radius 2 is 1.82 bits per heavy atom. The molecule has 0 aromatic carbocycles. The van der Waals surface area contributed by atoms with E-state index in [4.69, 9.17) is 10.8 Å². The highest BCUT2D eigenvalue weighted by atomic mass is 16.3. The van der Waals surface area contributed by atoms with Crippen LogP contribution in [0.15, 0.2) is 0 Å². The van der Waals surface area contributed by atoms with Gasteiger partial charge in [-0.05, 0) is 18.8 Å². The normalized spacial score (nSPS) is 16.4. The summed E-state index contributed by atoms with van der Waals surface area (Å²) in [6.07, 6.45) is 5.00. The molecule has 0 aliphatic rings. The molecule has 2 heteroatoms. The Hall–Kier alpha value is -0.0800. The number of hydrogen-bond donors (Lipinski definition) is 2. The molecular formula is C9H21NO. The van der Waals surface area contributed by atoms with Crippen LogP contribution in [-0.4, -0.2) is 11.3 Å². The molecule has 0 saturated carbocycles. The van der Waals surface area contributed by atoms with Gasteiger partial charge in [0.15, 0.2) is 0 Å². The van der Waals surface area contributed by atoms with Gasteiger partial charge in [-0.3, -0.25) is 0 Å². The number of aliphatic hydroxyl groups excluding tert-OH is 1. The van der Waals surface area contributed by atoms with Crippen molar-refractivity contribution in [2.24, 2.45) is 11.7 Å². The molecule has 0 aromatic rings. The second-order valence-electron chi connectivity index (χ2n) is 3.18. The number of aliphatic hydroxyl groups is 1. The lowest BCUT2D eigenvalue weighted by molar-refractivity contribution is 0.101. The molecule has 0 rings (SSSR count). The van der Waals surface area contributed by atoms with Crippen molar-refractivity contribution in [2.45, 2.75) is 52.2 Å². The molecule has 0 spiro atoms. The topological polar surface area (TPSA) is 46.2 Å². The lowest BCUT2D eigenvalue weighted by atomic mass is 9.96. The van der Waals surface area contributed by atoms with Gasteiger partial charge in [-0.1, -0.05) is 33.1 Å². The Balaban J connectivity index is 3.51. The van der Waals surface area contributed by atoms with Crippen LogP contribution in [-0.2, 0) is 0 Å². The molecule has 11 heavy (non-hydrogen) atoms. The van der Waals surface area contributed by atoms with Gasteiger partial charge in [0.1, 0.15) is 6.23 Å². The van der Waals surface area contributed by atoms with Crippen molar-refractivity contribution in [3.05, 3.63) is 0 Å². The second kappa shape index (κ2) is 6.62. The van der Waals surface area contributed by atoms with Gasteiger partial charge in [0.25, 0.3) is 0 Å². The number of unbranched alkanes of at least 4 members (excludes halogenated alkanes) is 1. The lowest BCUT2D eigenvalue weighted by Crippen LogP contribution is -2.29. The first kappa shape index (κ1) is 10.9. The molecule has 2 nitrogen and oxygen atoms in total. The predicted octanol–water partition coefficient (Wildman–Crippen LogP) is 1.87. The highest BCUT2D eigenvalue weighted by Crippen LogP contribution is 2.16. The van der Waals surface area contributed by atoms with Crippen LogP contribution in [0.2, 0.25) is 0 Å². The Kier molecular flexibility index (Phi) is 6.57. The summed E-state index contributed by atoms with van der Waals surface area (Å²) in [5, 5.41) is 9.15. The van der Waals surface area contributed by atoms with Crippen LogP contribution in [0.5, 0.6) is 0 Å². The summed E-state index contributed by atoms with van der Waals surface area (Å²) in [4.78, 5) is 0. The minimum Gasteiger partial charge on any atom is -0.379 e. The van der Waals surface area contributed by atoms with E-state index in [1.165, 1.54) is 12.8 Å². The Labute approximate surface area is 69.8 Å². The average molecular weight is 159 g/mol. The fraction of sp³-hybridized carbons (Fsp3) is 1.00. The number of hydrogen-bond acceptors (Lipinski definition) is 2. The second-order valence-corrected chi connectivity index (χ2v) is 3.18. The van der Waals surface area contributed by atoms with Gasteiger partial charge >= 0.3 is 0 Å². The Morgan fingerprint density at radius 3 is 2.18 bits per heavy atom. The van der Waals surface area contributed by atoms with Gasteiger partial charge in [0, 0.05) is 0 Å². The van der Waals surface area contributed by atoms with Crippen LogP contribution in [0, 0.1) is 5.92 Å². The minimum absolute atomic E-state index is 0.319. The first-order chi connectivity index (χ1) is 5.22. The molecule has 0 saturated heterocycles. The predicted molar refractivity (Wildman–Crippen MR) is 48.1 cm³/mol. The summed E-state index contributed by atoms with van der Waals surface area (Å²) in [6, 6.07) is 0. The van der Waals surface area contributed by atoms with Gasteiger partial charge < -0.3 is 10.8 Å². The maximum atomic E-state index is 9.15. The smallest absolute Gasteiger partial charge is 0.105 e. The SMILES string of the molecule is CCCCC(CCC)C(N)O. The minimum atomic E-state index is -0.610.